The van der Waals surface area contributed by atoms with Crippen molar-refractivity contribution in [3.05, 3.63) is 85.7 Å². The number of carbonyl (C=O) groups is 2. The third-order valence-electron chi connectivity index (χ3n) is 5.30. The lowest BCUT2D eigenvalue weighted by Crippen LogP contribution is -2.22. The average molecular weight is 515 g/mol. The second-order valence-corrected chi connectivity index (χ2v) is 8.94. The summed E-state index contributed by atoms with van der Waals surface area (Å²) in [6.45, 7) is 3.82. The molecule has 0 aliphatic heterocycles. The number of hydrogen-bond acceptors (Lipinski definition) is 4. The number of nitrogens with zero attached hydrogens (tertiary/aromatic N) is 1. The van der Waals surface area contributed by atoms with Gasteiger partial charge in [0.25, 0.3) is 11.8 Å². The van der Waals surface area contributed by atoms with Crippen LogP contribution in [0.1, 0.15) is 56.2 Å². The Morgan fingerprint density at radius 1 is 1.06 bits per heavy atom. The number of halogens is 2. The fourth-order valence-corrected chi connectivity index (χ4v) is 4.40. The zero-order valence-corrected chi connectivity index (χ0v) is 19.9. The number of carbonyl (C=O) groups excluding carboxylic acids is 2. The van der Waals surface area contributed by atoms with Gasteiger partial charge in [-0.2, -0.15) is 5.10 Å². The molecule has 0 atom stereocenters. The van der Waals surface area contributed by atoms with Crippen LogP contribution >= 0.6 is 27.5 Å². The molecule has 2 N–H and O–H groups in total. The topological polar surface area (TPSA) is 83.7 Å². The molecule has 2 amide bonds. The highest BCUT2D eigenvalue weighted by Crippen LogP contribution is 2.31. The average Bonchev–Trinajstić information content (AvgIpc) is 3.12. The molecule has 32 heavy (non-hydrogen) atoms. The van der Waals surface area contributed by atoms with E-state index in [1.54, 1.807) is 24.3 Å². The van der Waals surface area contributed by atoms with Gasteiger partial charge in [-0.15, -0.1) is 0 Å². The van der Waals surface area contributed by atoms with Crippen LogP contribution in [-0.2, 0) is 6.42 Å². The summed E-state index contributed by atoms with van der Waals surface area (Å²) >= 11 is 9.36. The van der Waals surface area contributed by atoms with Gasteiger partial charge in [-0.25, -0.2) is 5.43 Å². The third kappa shape index (κ3) is 4.64. The first-order chi connectivity index (χ1) is 15.3. The first-order valence-corrected chi connectivity index (χ1v) is 11.3. The molecule has 1 aliphatic rings. The molecule has 0 saturated heterocycles. The maximum Gasteiger partial charge on any atom is 0.291 e. The number of amides is 2. The van der Waals surface area contributed by atoms with Gasteiger partial charge in [0.1, 0.15) is 5.76 Å². The van der Waals surface area contributed by atoms with Crippen LogP contribution in [0.4, 0.5) is 5.69 Å². The summed E-state index contributed by atoms with van der Waals surface area (Å²) in [6, 6.07) is 12.3. The molecule has 8 heteroatoms. The van der Waals surface area contributed by atoms with E-state index in [-0.39, 0.29) is 17.6 Å². The second-order valence-electron chi connectivity index (χ2n) is 7.65. The lowest BCUT2D eigenvalue weighted by atomic mass is 9.93. The molecule has 0 bridgehead atoms. The van der Waals surface area contributed by atoms with Crippen LogP contribution in [0.25, 0.3) is 0 Å². The summed E-state index contributed by atoms with van der Waals surface area (Å²) < 4.78 is 6.73. The number of rotatable bonds is 4. The van der Waals surface area contributed by atoms with E-state index in [9.17, 15) is 9.59 Å². The molecule has 2 aromatic carbocycles. The van der Waals surface area contributed by atoms with Crippen LogP contribution in [0.5, 0.6) is 0 Å². The molecule has 0 saturated carbocycles. The van der Waals surface area contributed by atoms with Gasteiger partial charge in [0.15, 0.2) is 5.76 Å². The van der Waals surface area contributed by atoms with Crippen LogP contribution in [0.3, 0.4) is 0 Å². The molecule has 4 rings (SSSR count). The van der Waals surface area contributed by atoms with E-state index in [0.717, 1.165) is 22.0 Å². The molecule has 0 unspecified atom stereocenters. The van der Waals surface area contributed by atoms with Crippen molar-refractivity contribution in [2.24, 2.45) is 5.10 Å². The van der Waals surface area contributed by atoms with Crippen molar-refractivity contribution >= 4 is 50.7 Å². The summed E-state index contributed by atoms with van der Waals surface area (Å²) in [5.41, 5.74) is 7.02. The predicted molar refractivity (Wildman–Crippen MR) is 129 cm³/mol. The second kappa shape index (κ2) is 9.30. The quantitative estimate of drug-likeness (QED) is 0.417. The normalized spacial score (nSPS) is 14.2. The summed E-state index contributed by atoms with van der Waals surface area (Å²) in [4.78, 5) is 25.3. The van der Waals surface area contributed by atoms with Crippen LogP contribution in [0.15, 0.2) is 56.5 Å². The minimum Gasteiger partial charge on any atom is -0.455 e. The van der Waals surface area contributed by atoms with Gasteiger partial charge >= 0.3 is 0 Å². The van der Waals surface area contributed by atoms with Gasteiger partial charge in [0.2, 0.25) is 0 Å². The Kier molecular flexibility index (Phi) is 6.48. The number of benzene rings is 2. The first kappa shape index (κ1) is 22.3. The number of anilines is 1. The van der Waals surface area contributed by atoms with E-state index in [0.29, 0.717) is 46.2 Å². The number of aryl methyl sites for hydroxylation is 2. The molecule has 0 spiro atoms. The lowest BCUT2D eigenvalue weighted by molar-refractivity contribution is 0.0953. The number of nitrogens with one attached hydrogen (secondary N) is 2. The smallest absolute Gasteiger partial charge is 0.291 e. The van der Waals surface area contributed by atoms with E-state index >= 15 is 0 Å². The molecule has 0 radical (unpaired) electrons. The molecular formula is C24H21BrClN3O3. The summed E-state index contributed by atoms with van der Waals surface area (Å²) in [7, 11) is 0. The van der Waals surface area contributed by atoms with Crippen LogP contribution in [0.2, 0.25) is 5.02 Å². The first-order valence-electron chi connectivity index (χ1n) is 10.2. The maximum absolute atomic E-state index is 12.9. The van der Waals surface area contributed by atoms with Crippen molar-refractivity contribution in [2.45, 2.75) is 33.1 Å². The predicted octanol–water partition coefficient (Wildman–Crippen LogP) is 6.04. The summed E-state index contributed by atoms with van der Waals surface area (Å²) in [5.74, 6) is 0.304. The fraction of sp³-hybridized carbons (Fsp3) is 0.208. The molecule has 1 aliphatic carbocycles. The molecule has 3 aromatic rings. The zero-order valence-electron chi connectivity index (χ0n) is 17.6. The van der Waals surface area contributed by atoms with Crippen LogP contribution in [0, 0.1) is 13.8 Å². The number of hydrogen-bond donors (Lipinski definition) is 2. The van der Waals surface area contributed by atoms with Gasteiger partial charge in [0, 0.05) is 32.6 Å². The summed E-state index contributed by atoms with van der Waals surface area (Å²) in [6.07, 6.45) is 2.21. The monoisotopic (exact) mass is 513 g/mol. The third-order valence-corrected chi connectivity index (χ3v) is 6.21. The lowest BCUT2D eigenvalue weighted by Gasteiger charge is -2.13. The van der Waals surface area contributed by atoms with Crippen molar-refractivity contribution in [1.82, 2.24) is 5.43 Å². The van der Waals surface area contributed by atoms with Crippen LogP contribution < -0.4 is 10.7 Å². The van der Waals surface area contributed by atoms with Gasteiger partial charge in [0.05, 0.1) is 11.4 Å². The maximum atomic E-state index is 12.9. The van der Waals surface area contributed by atoms with Gasteiger partial charge in [-0.3, -0.25) is 9.59 Å². The Morgan fingerprint density at radius 3 is 2.53 bits per heavy atom. The zero-order chi connectivity index (χ0) is 22.8. The highest BCUT2D eigenvalue weighted by atomic mass is 79.9. The van der Waals surface area contributed by atoms with Gasteiger partial charge < -0.3 is 9.73 Å². The Balaban J connectivity index is 1.57. The largest absolute Gasteiger partial charge is 0.455 e. The standard InChI is InChI=1S/C24H21BrClN3O3/c1-13-6-11-18(17(25)12-13)27-24(31)22-14(2)21-19(4-3-5-20(21)32-22)28-29-23(30)15-7-9-16(26)10-8-15/h6-12H,3-5H2,1-2H3,(H,27,31)(H,29,30)/b28-19+. The minimum absolute atomic E-state index is 0.251. The van der Waals surface area contributed by atoms with Crippen molar-refractivity contribution in [2.75, 3.05) is 5.32 Å². The molecule has 1 heterocycles. The van der Waals surface area contributed by atoms with E-state index in [2.05, 4.69) is 31.8 Å². The number of furan rings is 1. The molecule has 6 nitrogen and oxygen atoms in total. The van der Waals surface area contributed by atoms with E-state index in [1.165, 1.54) is 0 Å². The van der Waals surface area contributed by atoms with Gasteiger partial charge in [-0.1, -0.05) is 17.7 Å². The highest BCUT2D eigenvalue weighted by molar-refractivity contribution is 9.10. The Hall–Kier alpha value is -2.90. The summed E-state index contributed by atoms with van der Waals surface area (Å²) in [5, 5.41) is 7.80. The Morgan fingerprint density at radius 2 is 1.81 bits per heavy atom. The fourth-order valence-electron chi connectivity index (χ4n) is 3.68. The van der Waals surface area contributed by atoms with Crippen molar-refractivity contribution in [3.63, 3.8) is 0 Å². The molecule has 1 aromatic heterocycles. The van der Waals surface area contributed by atoms with E-state index < -0.39 is 0 Å². The molecular weight excluding hydrogens is 494 g/mol. The highest BCUT2D eigenvalue weighted by Gasteiger charge is 2.28. The minimum atomic E-state index is -0.329. The SMILES string of the molecule is Cc1ccc(NC(=O)c2oc3c(c2C)/C(=N/NC(=O)c2ccc(Cl)cc2)CCC3)c(Br)c1. The van der Waals surface area contributed by atoms with Crippen molar-refractivity contribution in [3.8, 4) is 0 Å². The van der Waals surface area contributed by atoms with E-state index in [1.807, 2.05) is 32.0 Å². The molecule has 0 fully saturated rings. The number of fused-ring (bicyclic) bond motifs is 1. The molecule has 164 valence electrons. The van der Waals surface area contributed by atoms with Crippen LogP contribution in [-0.4, -0.2) is 17.5 Å². The van der Waals surface area contributed by atoms with Crippen molar-refractivity contribution in [1.29, 1.82) is 0 Å². The van der Waals surface area contributed by atoms with E-state index in [4.69, 9.17) is 16.0 Å². The Labute approximate surface area is 199 Å². The van der Waals surface area contributed by atoms with Crippen molar-refractivity contribution < 1.29 is 14.0 Å². The van der Waals surface area contributed by atoms with Gasteiger partial charge in [-0.05, 0) is 84.6 Å². The Bertz CT molecular complexity index is 1230. The number of hydrazone groups is 1.